The van der Waals surface area contributed by atoms with Crippen molar-refractivity contribution in [2.45, 2.75) is 32.6 Å². The first-order valence-corrected chi connectivity index (χ1v) is 11.9. The van der Waals surface area contributed by atoms with E-state index in [1.165, 1.54) is 6.07 Å². The fourth-order valence-corrected chi connectivity index (χ4v) is 4.07. The van der Waals surface area contributed by atoms with Gasteiger partial charge in [-0.05, 0) is 49.7 Å². The zero-order valence-corrected chi connectivity index (χ0v) is 18.6. The van der Waals surface area contributed by atoms with Gasteiger partial charge in [0.2, 0.25) is 10.0 Å². The van der Waals surface area contributed by atoms with Gasteiger partial charge < -0.3 is 15.0 Å². The third-order valence-corrected chi connectivity index (χ3v) is 5.40. The van der Waals surface area contributed by atoms with E-state index in [0.29, 0.717) is 29.9 Å². The Kier molecular flexibility index (Phi) is 6.97. The van der Waals surface area contributed by atoms with Crippen molar-refractivity contribution in [1.82, 2.24) is 10.2 Å². The summed E-state index contributed by atoms with van der Waals surface area (Å²) in [6, 6.07) is 13.4. The highest BCUT2D eigenvalue weighted by atomic mass is 32.2. The van der Waals surface area contributed by atoms with Crippen molar-refractivity contribution < 1.29 is 22.7 Å². The Morgan fingerprint density at radius 3 is 2.29 bits per heavy atom. The first kappa shape index (κ1) is 22.8. The Bertz CT molecular complexity index is 1040. The van der Waals surface area contributed by atoms with Crippen LogP contribution in [0.3, 0.4) is 0 Å². The molecule has 1 fully saturated rings. The second-order valence-electron chi connectivity index (χ2n) is 7.80. The van der Waals surface area contributed by atoms with Crippen LogP contribution in [-0.4, -0.2) is 56.7 Å². The number of nitrogens with zero attached hydrogens (tertiary/aromatic N) is 1. The molecule has 2 aromatic rings. The normalized spacial score (nSPS) is 19.0. The van der Waals surface area contributed by atoms with E-state index in [0.717, 1.165) is 11.8 Å². The number of amides is 2. The lowest BCUT2D eigenvalue weighted by atomic mass is 10.1. The van der Waals surface area contributed by atoms with Crippen LogP contribution in [0.1, 0.15) is 40.1 Å². The highest BCUT2D eigenvalue weighted by Crippen LogP contribution is 2.16. The average molecular weight is 446 g/mol. The molecule has 0 aromatic heterocycles. The third kappa shape index (κ3) is 6.53. The van der Waals surface area contributed by atoms with Crippen LogP contribution in [0.5, 0.6) is 0 Å². The largest absolute Gasteiger partial charge is 0.372 e. The van der Waals surface area contributed by atoms with Crippen molar-refractivity contribution in [2.75, 3.05) is 24.1 Å². The Hall–Kier alpha value is -2.91. The number of ether oxygens (including phenoxy) is 1. The van der Waals surface area contributed by atoms with Crippen LogP contribution in [0.4, 0.5) is 5.69 Å². The molecule has 2 aromatic carbocycles. The molecule has 2 amide bonds. The number of morpholine rings is 1. The van der Waals surface area contributed by atoms with E-state index in [1.807, 2.05) is 26.0 Å². The number of benzene rings is 2. The molecule has 9 heteroatoms. The molecule has 0 aliphatic carbocycles. The Labute approximate surface area is 182 Å². The number of nitrogens with one attached hydrogen (secondary N) is 2. The molecule has 0 bridgehead atoms. The molecule has 8 nitrogen and oxygen atoms in total. The van der Waals surface area contributed by atoms with E-state index in [4.69, 9.17) is 4.74 Å². The molecular formula is C22H27N3O5S. The number of hydrogen-bond donors (Lipinski definition) is 2. The van der Waals surface area contributed by atoms with Gasteiger partial charge >= 0.3 is 0 Å². The van der Waals surface area contributed by atoms with E-state index < -0.39 is 10.0 Å². The molecule has 0 saturated carbocycles. The lowest BCUT2D eigenvalue weighted by Crippen LogP contribution is -2.48. The maximum absolute atomic E-state index is 12.7. The predicted octanol–water partition coefficient (Wildman–Crippen LogP) is 2.24. The second kappa shape index (κ2) is 9.49. The summed E-state index contributed by atoms with van der Waals surface area (Å²) in [5.74, 6) is -0.360. The summed E-state index contributed by atoms with van der Waals surface area (Å²) in [4.78, 5) is 27.0. The molecule has 31 heavy (non-hydrogen) atoms. The lowest BCUT2D eigenvalue weighted by Gasteiger charge is -2.35. The first-order valence-electron chi connectivity index (χ1n) is 10.0. The van der Waals surface area contributed by atoms with E-state index in [2.05, 4.69) is 10.0 Å². The number of anilines is 1. The molecule has 166 valence electrons. The van der Waals surface area contributed by atoms with Crippen LogP contribution in [0.25, 0.3) is 0 Å². The molecule has 0 radical (unpaired) electrons. The lowest BCUT2D eigenvalue weighted by molar-refractivity contribution is -0.0586. The maximum Gasteiger partial charge on any atom is 0.254 e. The van der Waals surface area contributed by atoms with Gasteiger partial charge in [-0.25, -0.2) is 8.42 Å². The molecule has 2 atom stereocenters. The summed E-state index contributed by atoms with van der Waals surface area (Å²) in [6.07, 6.45) is 1.07. The monoisotopic (exact) mass is 445 g/mol. The summed E-state index contributed by atoms with van der Waals surface area (Å²) >= 11 is 0. The molecular weight excluding hydrogens is 418 g/mol. The maximum atomic E-state index is 12.7. The Morgan fingerprint density at radius 1 is 1.03 bits per heavy atom. The smallest absolute Gasteiger partial charge is 0.254 e. The van der Waals surface area contributed by atoms with Crippen molar-refractivity contribution in [3.8, 4) is 0 Å². The fraction of sp³-hybridized carbons (Fsp3) is 0.364. The van der Waals surface area contributed by atoms with Crippen LogP contribution < -0.4 is 10.0 Å². The molecule has 0 spiro atoms. The number of sulfonamides is 1. The van der Waals surface area contributed by atoms with Gasteiger partial charge in [0.05, 0.1) is 18.5 Å². The van der Waals surface area contributed by atoms with Crippen LogP contribution in [0.2, 0.25) is 0 Å². The first-order chi connectivity index (χ1) is 14.6. The molecule has 1 aliphatic heterocycles. The third-order valence-electron chi connectivity index (χ3n) is 4.79. The number of carbonyl (C=O) groups is 2. The summed E-state index contributed by atoms with van der Waals surface area (Å²) < 4.78 is 30.7. The summed E-state index contributed by atoms with van der Waals surface area (Å²) in [5, 5.41) is 2.80. The predicted molar refractivity (Wildman–Crippen MR) is 118 cm³/mol. The highest BCUT2D eigenvalue weighted by molar-refractivity contribution is 7.92. The van der Waals surface area contributed by atoms with E-state index >= 15 is 0 Å². The van der Waals surface area contributed by atoms with Crippen molar-refractivity contribution in [3.05, 3.63) is 65.2 Å². The highest BCUT2D eigenvalue weighted by Gasteiger charge is 2.26. The molecule has 2 N–H and O–H groups in total. The van der Waals surface area contributed by atoms with E-state index in [9.17, 15) is 18.0 Å². The minimum Gasteiger partial charge on any atom is -0.372 e. The standard InChI is InChI=1S/C22H27N3O5S/c1-15-13-25(14-16(2)30-15)22(27)18-9-7-17(8-10-18)12-23-21(26)19-5-4-6-20(11-19)24-31(3,28)29/h4-11,15-16,24H,12-14H2,1-3H3,(H,23,26). The van der Waals surface area contributed by atoms with Crippen LogP contribution in [0, 0.1) is 0 Å². The van der Waals surface area contributed by atoms with Crippen LogP contribution in [0.15, 0.2) is 48.5 Å². The van der Waals surface area contributed by atoms with Gasteiger partial charge in [-0.15, -0.1) is 0 Å². The Morgan fingerprint density at radius 2 is 1.68 bits per heavy atom. The Balaban J connectivity index is 1.58. The van der Waals surface area contributed by atoms with E-state index in [-0.39, 0.29) is 30.6 Å². The fourth-order valence-electron chi connectivity index (χ4n) is 3.51. The van der Waals surface area contributed by atoms with Crippen molar-refractivity contribution in [1.29, 1.82) is 0 Å². The average Bonchev–Trinajstić information content (AvgIpc) is 2.70. The van der Waals surface area contributed by atoms with Crippen molar-refractivity contribution in [3.63, 3.8) is 0 Å². The number of carbonyl (C=O) groups excluding carboxylic acids is 2. The summed E-state index contributed by atoms with van der Waals surface area (Å²) in [7, 11) is -3.42. The minimum absolute atomic E-state index is 0.00771. The quantitative estimate of drug-likeness (QED) is 0.710. The van der Waals surface area contributed by atoms with Gasteiger partial charge in [0.25, 0.3) is 11.8 Å². The molecule has 1 aliphatic rings. The summed E-state index contributed by atoms with van der Waals surface area (Å²) in [6.45, 7) is 5.31. The molecule has 2 unspecified atom stereocenters. The van der Waals surface area contributed by atoms with E-state index in [1.54, 1.807) is 35.2 Å². The molecule has 3 rings (SSSR count). The van der Waals surface area contributed by atoms with Crippen LogP contribution in [-0.2, 0) is 21.3 Å². The van der Waals surface area contributed by atoms with Gasteiger partial charge in [-0.2, -0.15) is 0 Å². The summed E-state index contributed by atoms with van der Waals surface area (Å²) in [5.41, 5.74) is 2.11. The van der Waals surface area contributed by atoms with Gasteiger partial charge in [-0.1, -0.05) is 18.2 Å². The number of hydrogen-bond acceptors (Lipinski definition) is 5. The zero-order valence-electron chi connectivity index (χ0n) is 17.8. The topological polar surface area (TPSA) is 105 Å². The van der Waals surface area contributed by atoms with Crippen molar-refractivity contribution >= 4 is 27.5 Å². The molecule has 1 heterocycles. The minimum atomic E-state index is -3.42. The van der Waals surface area contributed by atoms with Gasteiger partial charge in [0, 0.05) is 36.4 Å². The second-order valence-corrected chi connectivity index (χ2v) is 9.55. The van der Waals surface area contributed by atoms with Crippen molar-refractivity contribution in [2.24, 2.45) is 0 Å². The zero-order chi connectivity index (χ0) is 22.6. The van der Waals surface area contributed by atoms with Gasteiger partial charge in [0.15, 0.2) is 0 Å². The number of rotatable bonds is 6. The van der Waals surface area contributed by atoms with Gasteiger partial charge in [-0.3, -0.25) is 14.3 Å². The van der Waals surface area contributed by atoms with Crippen LogP contribution >= 0.6 is 0 Å². The molecule has 1 saturated heterocycles. The van der Waals surface area contributed by atoms with Gasteiger partial charge in [0.1, 0.15) is 0 Å². The SMILES string of the molecule is CC1CN(C(=O)c2ccc(CNC(=O)c3cccc(NS(C)(=O)=O)c3)cc2)CC(C)O1.